The van der Waals surface area contributed by atoms with Gasteiger partial charge in [0.15, 0.2) is 5.78 Å². The second-order valence-corrected chi connectivity index (χ2v) is 6.62. The van der Waals surface area contributed by atoms with Crippen molar-refractivity contribution in [3.63, 3.8) is 0 Å². The van der Waals surface area contributed by atoms with Crippen molar-refractivity contribution in [3.8, 4) is 11.5 Å². The lowest BCUT2D eigenvalue weighted by atomic mass is 9.74. The zero-order chi connectivity index (χ0) is 16.6. The molecule has 1 heterocycles. The van der Waals surface area contributed by atoms with Gasteiger partial charge >= 0.3 is 5.97 Å². The number of methoxy groups -OCH3 is 1. The molecule has 2 aliphatic rings. The molecular formula is C18H22O5. The number of carbonyl (C=O) groups excluding carboxylic acids is 2. The third-order valence-corrected chi connectivity index (χ3v) is 5.17. The van der Waals surface area contributed by atoms with E-state index in [9.17, 15) is 14.7 Å². The molecule has 1 N–H and O–H groups in total. The summed E-state index contributed by atoms with van der Waals surface area (Å²) in [6.45, 7) is 1.45. The SMILES string of the molecule is COC(=O)C1CCC2(CCc3cc(C(C)=O)c(O)cc3O2)CC1. The number of benzene rings is 1. The molecule has 1 fully saturated rings. The summed E-state index contributed by atoms with van der Waals surface area (Å²) in [6.07, 6.45) is 4.83. The molecule has 23 heavy (non-hydrogen) atoms. The quantitative estimate of drug-likeness (QED) is 0.670. The van der Waals surface area contributed by atoms with Crippen LogP contribution in [0, 0.1) is 5.92 Å². The Balaban J connectivity index is 1.77. The number of carbonyl (C=O) groups is 2. The van der Waals surface area contributed by atoms with Gasteiger partial charge in [-0.05, 0) is 57.1 Å². The van der Waals surface area contributed by atoms with Gasteiger partial charge in [0, 0.05) is 6.07 Å². The minimum Gasteiger partial charge on any atom is -0.507 e. The second-order valence-electron chi connectivity index (χ2n) is 6.62. The Kier molecular flexibility index (Phi) is 4.04. The summed E-state index contributed by atoms with van der Waals surface area (Å²) < 4.78 is 11.0. The van der Waals surface area contributed by atoms with Gasteiger partial charge in [-0.1, -0.05) is 0 Å². The lowest BCUT2D eigenvalue weighted by molar-refractivity contribution is -0.148. The molecule has 5 heteroatoms. The minimum atomic E-state index is -0.262. The highest BCUT2D eigenvalue weighted by Crippen LogP contribution is 2.45. The van der Waals surface area contributed by atoms with Gasteiger partial charge in [0.05, 0.1) is 18.6 Å². The number of hydrogen-bond acceptors (Lipinski definition) is 5. The van der Waals surface area contributed by atoms with Crippen molar-refractivity contribution in [2.75, 3.05) is 7.11 Å². The molecule has 1 aromatic carbocycles. The fourth-order valence-electron chi connectivity index (χ4n) is 3.73. The summed E-state index contributed by atoms with van der Waals surface area (Å²) in [7, 11) is 1.43. The fraction of sp³-hybridized carbons (Fsp3) is 0.556. The smallest absolute Gasteiger partial charge is 0.308 e. The summed E-state index contributed by atoms with van der Waals surface area (Å²) in [5.74, 6) is 0.305. The van der Waals surface area contributed by atoms with E-state index < -0.39 is 0 Å². The van der Waals surface area contributed by atoms with Crippen molar-refractivity contribution in [1.29, 1.82) is 0 Å². The van der Waals surface area contributed by atoms with E-state index in [0.717, 1.165) is 44.1 Å². The summed E-state index contributed by atoms with van der Waals surface area (Å²) >= 11 is 0. The molecule has 1 aliphatic carbocycles. The van der Waals surface area contributed by atoms with Crippen LogP contribution in [0.2, 0.25) is 0 Å². The molecular weight excluding hydrogens is 296 g/mol. The van der Waals surface area contributed by atoms with Gasteiger partial charge in [-0.3, -0.25) is 9.59 Å². The van der Waals surface area contributed by atoms with E-state index in [2.05, 4.69) is 0 Å². The number of hydrogen-bond donors (Lipinski definition) is 1. The number of rotatable bonds is 2. The Labute approximate surface area is 135 Å². The third kappa shape index (κ3) is 2.92. The maximum Gasteiger partial charge on any atom is 0.308 e. The molecule has 3 rings (SSSR count). The zero-order valence-electron chi connectivity index (χ0n) is 13.6. The predicted molar refractivity (Wildman–Crippen MR) is 83.8 cm³/mol. The third-order valence-electron chi connectivity index (χ3n) is 5.17. The van der Waals surface area contributed by atoms with E-state index in [4.69, 9.17) is 9.47 Å². The van der Waals surface area contributed by atoms with Crippen LogP contribution in [-0.2, 0) is 16.0 Å². The van der Waals surface area contributed by atoms with Gasteiger partial charge in [-0.2, -0.15) is 0 Å². The summed E-state index contributed by atoms with van der Waals surface area (Å²) in [4.78, 5) is 23.2. The lowest BCUT2D eigenvalue weighted by Crippen LogP contribution is -2.44. The molecule has 0 bridgehead atoms. The van der Waals surface area contributed by atoms with E-state index in [1.807, 2.05) is 0 Å². The first-order valence-corrected chi connectivity index (χ1v) is 8.08. The second kappa shape index (κ2) is 5.87. The van der Waals surface area contributed by atoms with E-state index >= 15 is 0 Å². The molecule has 1 spiro atoms. The van der Waals surface area contributed by atoms with Crippen molar-refractivity contribution in [1.82, 2.24) is 0 Å². The first kappa shape index (κ1) is 15.8. The van der Waals surface area contributed by atoms with Crippen molar-refractivity contribution in [3.05, 3.63) is 23.3 Å². The molecule has 0 aromatic heterocycles. The Bertz CT molecular complexity index is 641. The Morgan fingerprint density at radius 1 is 1.26 bits per heavy atom. The Morgan fingerprint density at radius 3 is 2.57 bits per heavy atom. The van der Waals surface area contributed by atoms with Gasteiger partial charge < -0.3 is 14.6 Å². The number of aromatic hydroxyl groups is 1. The summed E-state index contributed by atoms with van der Waals surface area (Å²) in [6, 6.07) is 3.29. The highest BCUT2D eigenvalue weighted by Gasteiger charge is 2.42. The van der Waals surface area contributed by atoms with Crippen LogP contribution in [0.3, 0.4) is 0 Å². The van der Waals surface area contributed by atoms with Crippen LogP contribution in [0.1, 0.15) is 54.9 Å². The van der Waals surface area contributed by atoms with Crippen LogP contribution in [0.15, 0.2) is 12.1 Å². The van der Waals surface area contributed by atoms with E-state index in [0.29, 0.717) is 11.3 Å². The number of esters is 1. The molecule has 0 unspecified atom stereocenters. The molecule has 0 saturated heterocycles. The molecule has 0 amide bonds. The van der Waals surface area contributed by atoms with Crippen LogP contribution in [0.4, 0.5) is 0 Å². The highest BCUT2D eigenvalue weighted by atomic mass is 16.5. The van der Waals surface area contributed by atoms with Gasteiger partial charge in [0.1, 0.15) is 17.1 Å². The van der Waals surface area contributed by atoms with E-state index in [1.54, 1.807) is 12.1 Å². The van der Waals surface area contributed by atoms with E-state index in [1.165, 1.54) is 14.0 Å². The topological polar surface area (TPSA) is 72.8 Å². The first-order valence-electron chi connectivity index (χ1n) is 8.08. The van der Waals surface area contributed by atoms with Crippen LogP contribution >= 0.6 is 0 Å². The van der Waals surface area contributed by atoms with Crippen LogP contribution in [0.25, 0.3) is 0 Å². The van der Waals surface area contributed by atoms with Crippen molar-refractivity contribution >= 4 is 11.8 Å². The zero-order valence-corrected chi connectivity index (χ0v) is 13.6. The number of ketones is 1. The maximum atomic E-state index is 11.7. The summed E-state index contributed by atoms with van der Waals surface area (Å²) in [5.41, 5.74) is 1.05. The molecule has 1 saturated carbocycles. The molecule has 5 nitrogen and oxygen atoms in total. The minimum absolute atomic E-state index is 0.0310. The number of aryl methyl sites for hydroxylation is 1. The van der Waals surface area contributed by atoms with Crippen LogP contribution in [-0.4, -0.2) is 29.6 Å². The van der Waals surface area contributed by atoms with Crippen molar-refractivity contribution in [2.24, 2.45) is 5.92 Å². The van der Waals surface area contributed by atoms with Gasteiger partial charge in [-0.15, -0.1) is 0 Å². The van der Waals surface area contributed by atoms with Crippen LogP contribution in [0.5, 0.6) is 11.5 Å². The highest BCUT2D eigenvalue weighted by molar-refractivity contribution is 5.97. The van der Waals surface area contributed by atoms with Crippen molar-refractivity contribution in [2.45, 2.75) is 51.0 Å². The number of ether oxygens (including phenoxy) is 2. The van der Waals surface area contributed by atoms with E-state index in [-0.39, 0.29) is 29.0 Å². The Hall–Kier alpha value is -2.04. The molecule has 0 atom stereocenters. The summed E-state index contributed by atoms with van der Waals surface area (Å²) in [5, 5.41) is 10.0. The normalized spacial score (nSPS) is 26.3. The number of Topliss-reactive ketones (excluding diaryl/α,β-unsaturated/α-hetero) is 1. The van der Waals surface area contributed by atoms with Gasteiger partial charge in [-0.25, -0.2) is 0 Å². The first-order chi connectivity index (χ1) is 10.9. The lowest BCUT2D eigenvalue weighted by Gasteiger charge is -2.43. The fourth-order valence-corrected chi connectivity index (χ4v) is 3.73. The molecule has 0 radical (unpaired) electrons. The number of fused-ring (bicyclic) bond motifs is 1. The van der Waals surface area contributed by atoms with Gasteiger partial charge in [0.25, 0.3) is 0 Å². The van der Waals surface area contributed by atoms with Crippen LogP contribution < -0.4 is 4.74 Å². The van der Waals surface area contributed by atoms with Gasteiger partial charge in [0.2, 0.25) is 0 Å². The average Bonchev–Trinajstić information content (AvgIpc) is 2.54. The monoisotopic (exact) mass is 318 g/mol. The molecule has 1 aromatic rings. The average molecular weight is 318 g/mol. The maximum absolute atomic E-state index is 11.7. The Morgan fingerprint density at radius 2 is 1.96 bits per heavy atom. The number of phenols is 1. The standard InChI is InChI=1S/C18H22O5/c1-11(19)14-9-13-5-8-18(23-16(13)10-15(14)20)6-3-12(4-7-18)17(21)22-2/h9-10,12,20H,3-8H2,1-2H3. The largest absolute Gasteiger partial charge is 0.507 e. The number of phenolic OH excluding ortho intramolecular Hbond substituents is 1. The molecule has 124 valence electrons. The molecule has 1 aliphatic heterocycles. The van der Waals surface area contributed by atoms with Crippen molar-refractivity contribution < 1.29 is 24.2 Å². The predicted octanol–water partition coefficient (Wildman–Crippen LogP) is 3.02.